The van der Waals surface area contributed by atoms with Gasteiger partial charge in [0.25, 0.3) is 0 Å². The van der Waals surface area contributed by atoms with Gasteiger partial charge in [-0.1, -0.05) is 24.0 Å². The fourth-order valence-electron chi connectivity index (χ4n) is 5.75. The number of hydrogen-bond donors (Lipinski definition) is 11. The van der Waals surface area contributed by atoms with E-state index in [-0.39, 0.29) is 5.75 Å². The Bertz CT molecular complexity index is 1320. The lowest BCUT2D eigenvalue weighted by Crippen LogP contribution is -2.71. The van der Waals surface area contributed by atoms with Gasteiger partial charge < -0.3 is 66.0 Å². The van der Waals surface area contributed by atoms with Crippen molar-refractivity contribution in [2.45, 2.75) is 60.9 Å². The van der Waals surface area contributed by atoms with Gasteiger partial charge in [0.2, 0.25) is 17.2 Å². The quantitative estimate of drug-likeness (QED) is 0.0820. The van der Waals surface area contributed by atoms with Gasteiger partial charge in [-0.2, -0.15) is 0 Å². The molecule has 1 aromatic rings. The second kappa shape index (κ2) is 12.4. The Hall–Kier alpha value is -3.22. The number of aromatic hydroxyl groups is 1. The number of phenols is 1. The van der Waals surface area contributed by atoms with Crippen molar-refractivity contribution >= 4 is 17.6 Å². The molecule has 3 aliphatic rings. The predicted molar refractivity (Wildman–Crippen MR) is 139 cm³/mol. The molecule has 2 fully saturated rings. The third kappa shape index (κ3) is 5.49. The van der Waals surface area contributed by atoms with E-state index in [4.69, 9.17) is 4.74 Å². The van der Waals surface area contributed by atoms with Crippen LogP contribution in [0.3, 0.4) is 0 Å². The molecule has 236 valence electrons. The molecular formula is C28H33O15-. The zero-order valence-corrected chi connectivity index (χ0v) is 22.4. The summed E-state index contributed by atoms with van der Waals surface area (Å²) in [6.45, 7) is -1.78. The molecule has 1 saturated carbocycles. The van der Waals surface area contributed by atoms with Crippen LogP contribution in [0.4, 0.5) is 0 Å². The molecule has 0 bridgehead atoms. The molecule has 1 saturated heterocycles. The van der Waals surface area contributed by atoms with Crippen molar-refractivity contribution in [2.24, 2.45) is 11.8 Å². The van der Waals surface area contributed by atoms with Crippen LogP contribution in [0.5, 0.6) is 5.75 Å². The summed E-state index contributed by atoms with van der Waals surface area (Å²) in [7, 11) is 0. The average molecular weight is 610 g/mol. The standard InChI is InChI=1S/C28H34O15/c29-8-11-7-13(19(34)22(37)18(11)33)16-21(36)17(14(32)6-3-10-1-4-12(31)5-2-10)26(41)28(42,25(16)40)27-24(39)23(38)20(35)15(9-30)43-27/h1-6,11,13,15,18-20,22-24,27,29-39,42H,7-9H2/p-1/b6-3+,17-14+/t11-,13+,15-,18-,19+,20-,22+,23+,24-,27-,28+/m1/s1. The number of phenolic OH excluding ortho intramolecular Hbond substituents is 1. The molecule has 0 spiro atoms. The number of allylic oxidation sites excluding steroid dienone is 2. The minimum absolute atomic E-state index is 0.0840. The normalized spacial score (nSPS) is 40.3. The minimum atomic E-state index is -3.59. The second-order valence-corrected chi connectivity index (χ2v) is 10.9. The van der Waals surface area contributed by atoms with Crippen molar-refractivity contribution in [3.63, 3.8) is 0 Å². The SMILES string of the molecule is O=C1C([C@@H]2C[C@H](CO)[C@@H](O)[C@H](O)[C@H]2O)=C([O-])/C(=C(O)/C=C/c2ccc(O)cc2)C(=O)[C@]1(O)[C@@H]1O[C@H](CO)[C@@H](O)[C@H](O)[C@H]1O. The number of benzene rings is 1. The fraction of sp³-hybridized carbons (Fsp3) is 0.500. The average Bonchev–Trinajstić information content (AvgIpc) is 2.98. The number of ether oxygens (including phenoxy) is 1. The predicted octanol–water partition coefficient (Wildman–Crippen LogP) is -4.73. The van der Waals surface area contributed by atoms with Crippen molar-refractivity contribution < 1.29 is 75.6 Å². The van der Waals surface area contributed by atoms with Gasteiger partial charge in [-0.05, 0) is 35.8 Å². The van der Waals surface area contributed by atoms with Crippen molar-refractivity contribution in [3.05, 3.63) is 58.6 Å². The van der Waals surface area contributed by atoms with Crippen molar-refractivity contribution in [1.29, 1.82) is 0 Å². The van der Waals surface area contributed by atoms with Gasteiger partial charge in [0.05, 0.1) is 24.4 Å². The highest BCUT2D eigenvalue weighted by Gasteiger charge is 2.63. The number of Topliss-reactive ketones (excluding diaryl/α,β-unsaturated/α-hetero) is 2. The highest BCUT2D eigenvalue weighted by molar-refractivity contribution is 6.28. The lowest BCUT2D eigenvalue weighted by atomic mass is 9.64. The largest absolute Gasteiger partial charge is 0.872 e. The van der Waals surface area contributed by atoms with E-state index in [1.807, 2.05) is 0 Å². The molecule has 15 nitrogen and oxygen atoms in total. The molecule has 1 aromatic carbocycles. The van der Waals surface area contributed by atoms with E-state index in [1.165, 1.54) is 30.3 Å². The summed E-state index contributed by atoms with van der Waals surface area (Å²) in [6.07, 6.45) is -14.8. The zero-order valence-electron chi connectivity index (χ0n) is 22.4. The van der Waals surface area contributed by atoms with E-state index < -0.39 is 120 Å². The highest BCUT2D eigenvalue weighted by Crippen LogP contribution is 2.44. The summed E-state index contributed by atoms with van der Waals surface area (Å²) < 4.78 is 5.30. The van der Waals surface area contributed by atoms with E-state index >= 15 is 0 Å². The smallest absolute Gasteiger partial charge is 0.219 e. The third-order valence-electron chi connectivity index (χ3n) is 8.28. The number of hydrogen-bond acceptors (Lipinski definition) is 15. The molecule has 4 rings (SSSR count). The van der Waals surface area contributed by atoms with E-state index in [2.05, 4.69) is 0 Å². The summed E-state index contributed by atoms with van der Waals surface area (Å²) in [5.74, 6) is -9.11. The van der Waals surface area contributed by atoms with Gasteiger partial charge in [0, 0.05) is 18.4 Å². The summed E-state index contributed by atoms with van der Waals surface area (Å²) in [5.41, 5.74) is -5.49. The van der Waals surface area contributed by atoms with Crippen LogP contribution in [0.15, 0.2) is 53.0 Å². The maximum Gasteiger partial charge on any atom is 0.219 e. The van der Waals surface area contributed by atoms with Crippen molar-refractivity contribution in [2.75, 3.05) is 13.2 Å². The Balaban J connectivity index is 1.92. The van der Waals surface area contributed by atoms with Crippen LogP contribution < -0.4 is 5.11 Å². The molecule has 1 heterocycles. The van der Waals surface area contributed by atoms with Gasteiger partial charge in [0.15, 0.2) is 0 Å². The molecule has 15 heteroatoms. The molecule has 2 aliphatic carbocycles. The molecule has 0 aromatic heterocycles. The fourth-order valence-corrected chi connectivity index (χ4v) is 5.75. The number of aliphatic hydroxyl groups is 10. The number of rotatable bonds is 6. The molecule has 0 unspecified atom stereocenters. The van der Waals surface area contributed by atoms with E-state index in [1.54, 1.807) is 0 Å². The first-order valence-corrected chi connectivity index (χ1v) is 13.3. The highest BCUT2D eigenvalue weighted by atomic mass is 16.6. The van der Waals surface area contributed by atoms with Crippen LogP contribution in [0.1, 0.15) is 12.0 Å². The number of ketones is 2. The van der Waals surface area contributed by atoms with E-state index in [0.29, 0.717) is 5.56 Å². The van der Waals surface area contributed by atoms with Gasteiger partial charge in [-0.15, -0.1) is 0 Å². The Kier molecular flexibility index (Phi) is 9.44. The number of aliphatic hydroxyl groups excluding tert-OH is 9. The van der Waals surface area contributed by atoms with Crippen molar-refractivity contribution in [1.82, 2.24) is 0 Å². The monoisotopic (exact) mass is 609 g/mol. The lowest BCUT2D eigenvalue weighted by molar-refractivity contribution is -0.302. The summed E-state index contributed by atoms with van der Waals surface area (Å²) in [4.78, 5) is 27.7. The maximum atomic E-state index is 13.9. The first kappa shape index (κ1) is 32.7. The third-order valence-corrected chi connectivity index (χ3v) is 8.28. The molecule has 11 atom stereocenters. The first-order valence-electron chi connectivity index (χ1n) is 13.3. The van der Waals surface area contributed by atoms with Crippen molar-refractivity contribution in [3.8, 4) is 5.75 Å². The van der Waals surface area contributed by atoms with Crippen LogP contribution in [0, 0.1) is 11.8 Å². The zero-order chi connectivity index (χ0) is 32.0. The minimum Gasteiger partial charge on any atom is -0.872 e. The molecule has 1 aliphatic heterocycles. The van der Waals surface area contributed by atoms with Crippen LogP contribution in [0.25, 0.3) is 6.08 Å². The van der Waals surface area contributed by atoms with Crippen LogP contribution in [-0.4, -0.2) is 135 Å². The van der Waals surface area contributed by atoms with Crippen LogP contribution >= 0.6 is 0 Å². The van der Waals surface area contributed by atoms with Gasteiger partial charge in [0.1, 0.15) is 48.1 Å². The van der Waals surface area contributed by atoms with Gasteiger partial charge >= 0.3 is 0 Å². The molecule has 0 amide bonds. The molecule has 11 N–H and O–H groups in total. The van der Waals surface area contributed by atoms with E-state index in [0.717, 1.165) is 6.08 Å². The molecule has 0 radical (unpaired) electrons. The van der Waals surface area contributed by atoms with Crippen LogP contribution in [0.2, 0.25) is 0 Å². The van der Waals surface area contributed by atoms with E-state index in [9.17, 15) is 70.9 Å². The van der Waals surface area contributed by atoms with Crippen LogP contribution in [-0.2, 0) is 14.3 Å². The number of carbonyl (C=O) groups excluding carboxylic acids is 2. The Morgan fingerprint density at radius 2 is 1.49 bits per heavy atom. The summed E-state index contributed by atoms with van der Waals surface area (Å²) in [5, 5.41) is 128. The maximum absolute atomic E-state index is 13.9. The topological polar surface area (TPSA) is 289 Å². The molecular weight excluding hydrogens is 576 g/mol. The molecule has 43 heavy (non-hydrogen) atoms. The Morgan fingerprint density at radius 1 is 0.884 bits per heavy atom. The first-order chi connectivity index (χ1) is 20.2. The summed E-state index contributed by atoms with van der Waals surface area (Å²) >= 11 is 0. The second-order valence-electron chi connectivity index (χ2n) is 10.9. The van der Waals surface area contributed by atoms with Gasteiger partial charge in [-0.25, -0.2) is 0 Å². The Morgan fingerprint density at radius 3 is 2.07 bits per heavy atom. The number of carbonyl (C=O) groups is 2. The lowest BCUT2D eigenvalue weighted by Gasteiger charge is -2.49. The Labute approximate surface area is 243 Å². The van der Waals surface area contributed by atoms with Gasteiger partial charge in [-0.3, -0.25) is 9.59 Å². The summed E-state index contributed by atoms with van der Waals surface area (Å²) in [6, 6.07) is 5.40.